The van der Waals surface area contributed by atoms with E-state index in [1.807, 2.05) is 0 Å². The van der Waals surface area contributed by atoms with Crippen LogP contribution in [0.15, 0.2) is 22.7 Å². The summed E-state index contributed by atoms with van der Waals surface area (Å²) in [6.45, 7) is 10.3. The molecule has 0 aliphatic carbocycles. The van der Waals surface area contributed by atoms with E-state index in [0.29, 0.717) is 12.1 Å². The fraction of sp³-hybridized carbons (Fsp3) is 0.625. The van der Waals surface area contributed by atoms with Crippen LogP contribution in [0.5, 0.6) is 0 Å². The van der Waals surface area contributed by atoms with Crippen molar-refractivity contribution in [3.63, 3.8) is 0 Å². The molecule has 4 heteroatoms. The molecular weight excluding hydrogens is 316 g/mol. The molecule has 1 aliphatic heterocycles. The van der Waals surface area contributed by atoms with Crippen molar-refractivity contribution < 1.29 is 4.74 Å². The lowest BCUT2D eigenvalue weighted by Gasteiger charge is -2.39. The van der Waals surface area contributed by atoms with Crippen LogP contribution < -0.4 is 10.2 Å². The van der Waals surface area contributed by atoms with E-state index in [1.165, 1.54) is 11.3 Å². The van der Waals surface area contributed by atoms with Gasteiger partial charge in [0.2, 0.25) is 0 Å². The molecule has 0 spiro atoms. The molecule has 20 heavy (non-hydrogen) atoms. The first-order valence-corrected chi connectivity index (χ1v) is 8.28. The third kappa shape index (κ3) is 3.96. The Morgan fingerprint density at radius 1 is 1.40 bits per heavy atom. The predicted octanol–water partition coefficient (Wildman–Crippen LogP) is 3.56. The number of hydrogen-bond acceptors (Lipinski definition) is 3. The van der Waals surface area contributed by atoms with Crippen LogP contribution in [0.25, 0.3) is 0 Å². The van der Waals surface area contributed by atoms with Crippen molar-refractivity contribution in [2.45, 2.75) is 45.9 Å². The van der Waals surface area contributed by atoms with E-state index in [-0.39, 0.29) is 0 Å². The van der Waals surface area contributed by atoms with E-state index in [2.05, 4.69) is 65.1 Å². The predicted molar refractivity (Wildman–Crippen MR) is 88.4 cm³/mol. The molecule has 0 bridgehead atoms. The highest BCUT2D eigenvalue weighted by Crippen LogP contribution is 2.29. The van der Waals surface area contributed by atoms with Gasteiger partial charge in [0.15, 0.2) is 0 Å². The fourth-order valence-corrected chi connectivity index (χ4v) is 2.94. The smallest absolute Gasteiger partial charge is 0.0723 e. The molecule has 0 radical (unpaired) electrons. The molecule has 0 aromatic heterocycles. The van der Waals surface area contributed by atoms with Crippen molar-refractivity contribution in [3.8, 4) is 0 Å². The van der Waals surface area contributed by atoms with E-state index in [1.54, 1.807) is 0 Å². The van der Waals surface area contributed by atoms with E-state index in [9.17, 15) is 0 Å². The highest BCUT2D eigenvalue weighted by Gasteiger charge is 2.25. The van der Waals surface area contributed by atoms with Crippen LogP contribution in [0.4, 0.5) is 5.69 Å². The van der Waals surface area contributed by atoms with E-state index in [4.69, 9.17) is 4.74 Å². The Hall–Kier alpha value is -0.580. The molecule has 2 atom stereocenters. The summed E-state index contributed by atoms with van der Waals surface area (Å²) in [7, 11) is 0. The zero-order valence-electron chi connectivity index (χ0n) is 12.7. The van der Waals surface area contributed by atoms with Crippen LogP contribution in [0, 0.1) is 0 Å². The number of nitrogens with zero attached hydrogens (tertiary/aromatic N) is 1. The van der Waals surface area contributed by atoms with Gasteiger partial charge in [0.25, 0.3) is 0 Å². The SMILES string of the molecule is CCCNCc1ccc(Br)cc1N1CC(C)OCC1C. The van der Waals surface area contributed by atoms with Crippen molar-refractivity contribution in [1.29, 1.82) is 0 Å². The normalized spacial score (nSPS) is 23.1. The van der Waals surface area contributed by atoms with Gasteiger partial charge in [0, 0.05) is 29.3 Å². The lowest BCUT2D eigenvalue weighted by atomic mass is 10.1. The maximum absolute atomic E-state index is 5.74. The topological polar surface area (TPSA) is 24.5 Å². The Kier molecular flexibility index (Phi) is 5.87. The minimum absolute atomic E-state index is 0.293. The second kappa shape index (κ2) is 7.43. The number of ether oxygens (including phenoxy) is 1. The zero-order valence-corrected chi connectivity index (χ0v) is 14.2. The molecule has 2 unspecified atom stereocenters. The molecular formula is C16H25BrN2O. The molecule has 1 fully saturated rings. The summed E-state index contributed by atoms with van der Waals surface area (Å²) >= 11 is 3.60. The molecule has 0 saturated carbocycles. The van der Waals surface area contributed by atoms with Crippen LogP contribution in [-0.2, 0) is 11.3 Å². The number of nitrogens with one attached hydrogen (secondary N) is 1. The van der Waals surface area contributed by atoms with Crippen molar-refractivity contribution in [3.05, 3.63) is 28.2 Å². The van der Waals surface area contributed by atoms with E-state index in [0.717, 1.165) is 37.1 Å². The first kappa shape index (κ1) is 15.8. The molecule has 1 aliphatic rings. The molecule has 3 nitrogen and oxygen atoms in total. The summed E-state index contributed by atoms with van der Waals surface area (Å²) in [6.07, 6.45) is 1.46. The Labute approximate surface area is 130 Å². The highest BCUT2D eigenvalue weighted by atomic mass is 79.9. The van der Waals surface area contributed by atoms with Crippen molar-refractivity contribution in [2.75, 3.05) is 24.6 Å². The molecule has 112 valence electrons. The minimum Gasteiger partial charge on any atom is -0.375 e. The summed E-state index contributed by atoms with van der Waals surface area (Å²) in [5.41, 5.74) is 2.69. The Balaban J connectivity index is 2.21. The molecule has 2 rings (SSSR count). The number of hydrogen-bond donors (Lipinski definition) is 1. The second-order valence-corrected chi connectivity index (χ2v) is 6.51. The average Bonchev–Trinajstić information content (AvgIpc) is 2.43. The summed E-state index contributed by atoms with van der Waals surface area (Å²) in [4.78, 5) is 2.47. The van der Waals surface area contributed by atoms with Crippen molar-refractivity contribution in [1.82, 2.24) is 5.32 Å². The number of rotatable bonds is 5. The average molecular weight is 341 g/mol. The van der Waals surface area contributed by atoms with Gasteiger partial charge in [-0.1, -0.05) is 28.9 Å². The quantitative estimate of drug-likeness (QED) is 0.829. The molecule has 1 N–H and O–H groups in total. The number of benzene rings is 1. The van der Waals surface area contributed by atoms with Crippen molar-refractivity contribution >= 4 is 21.6 Å². The summed E-state index contributed by atoms with van der Waals surface area (Å²) < 4.78 is 6.88. The lowest BCUT2D eigenvalue weighted by Crippen LogP contribution is -2.47. The molecule has 1 saturated heterocycles. The van der Waals surface area contributed by atoms with Gasteiger partial charge in [-0.15, -0.1) is 0 Å². The third-order valence-corrected chi connectivity index (χ3v) is 4.20. The van der Waals surface area contributed by atoms with Gasteiger partial charge >= 0.3 is 0 Å². The van der Waals surface area contributed by atoms with Crippen LogP contribution in [-0.4, -0.2) is 31.8 Å². The molecule has 1 heterocycles. The van der Waals surface area contributed by atoms with Gasteiger partial charge < -0.3 is 15.0 Å². The molecule has 1 aromatic rings. The number of morpholine rings is 1. The minimum atomic E-state index is 0.293. The second-order valence-electron chi connectivity index (χ2n) is 5.60. The summed E-state index contributed by atoms with van der Waals surface area (Å²) in [6, 6.07) is 7.00. The largest absolute Gasteiger partial charge is 0.375 e. The first-order chi connectivity index (χ1) is 9.61. The standard InChI is InChI=1S/C16H25BrN2O/c1-4-7-18-9-14-5-6-15(17)8-16(14)19-10-13(3)20-11-12(19)2/h5-6,8,12-13,18H,4,7,9-11H2,1-3H3. The number of anilines is 1. The Morgan fingerprint density at radius 3 is 2.95 bits per heavy atom. The summed E-state index contributed by atoms with van der Waals surface area (Å²) in [5, 5.41) is 3.50. The van der Waals surface area contributed by atoms with Gasteiger partial charge in [0.05, 0.1) is 12.7 Å². The van der Waals surface area contributed by atoms with Gasteiger partial charge in [-0.25, -0.2) is 0 Å². The van der Waals surface area contributed by atoms with Crippen LogP contribution in [0.3, 0.4) is 0 Å². The maximum atomic E-state index is 5.74. The first-order valence-electron chi connectivity index (χ1n) is 7.49. The Bertz CT molecular complexity index is 438. The lowest BCUT2D eigenvalue weighted by molar-refractivity contribution is 0.0343. The van der Waals surface area contributed by atoms with E-state index >= 15 is 0 Å². The van der Waals surface area contributed by atoms with Crippen LogP contribution in [0.2, 0.25) is 0 Å². The monoisotopic (exact) mass is 340 g/mol. The Morgan fingerprint density at radius 2 is 2.20 bits per heavy atom. The third-order valence-electron chi connectivity index (χ3n) is 3.71. The van der Waals surface area contributed by atoms with Gasteiger partial charge in [-0.2, -0.15) is 0 Å². The maximum Gasteiger partial charge on any atom is 0.0723 e. The summed E-state index contributed by atoms with van der Waals surface area (Å²) in [5.74, 6) is 0. The molecule has 1 aromatic carbocycles. The molecule has 0 amide bonds. The van der Waals surface area contributed by atoms with Crippen molar-refractivity contribution in [2.24, 2.45) is 0 Å². The fourth-order valence-electron chi connectivity index (χ4n) is 2.59. The van der Waals surface area contributed by atoms with Gasteiger partial charge in [-0.05, 0) is 44.5 Å². The van der Waals surface area contributed by atoms with Crippen LogP contribution in [0.1, 0.15) is 32.8 Å². The van der Waals surface area contributed by atoms with Gasteiger partial charge in [-0.3, -0.25) is 0 Å². The van der Waals surface area contributed by atoms with E-state index < -0.39 is 0 Å². The number of halogens is 1. The zero-order chi connectivity index (χ0) is 14.5. The van der Waals surface area contributed by atoms with Gasteiger partial charge in [0.1, 0.15) is 0 Å². The highest BCUT2D eigenvalue weighted by molar-refractivity contribution is 9.10. The van der Waals surface area contributed by atoms with Crippen LogP contribution >= 0.6 is 15.9 Å².